The third-order valence-electron chi connectivity index (χ3n) is 4.78. The molecule has 104 valence electrons. The van der Waals surface area contributed by atoms with Crippen LogP contribution in [0.5, 0.6) is 0 Å². The van der Waals surface area contributed by atoms with Gasteiger partial charge in [-0.25, -0.2) is 0 Å². The molecule has 0 rings (SSSR count). The van der Waals surface area contributed by atoms with Crippen LogP contribution in [-0.2, 0) is 0 Å². The third kappa shape index (κ3) is 7.81. The Balaban J connectivity index is 3.46. The molecule has 0 heterocycles. The van der Waals surface area contributed by atoms with Gasteiger partial charge in [-0.1, -0.05) is 54.4 Å². The van der Waals surface area contributed by atoms with Gasteiger partial charge in [0.05, 0.1) is 0 Å². The Morgan fingerprint density at radius 1 is 0.647 bits per heavy atom. The molecule has 0 saturated carbocycles. The highest BCUT2D eigenvalue weighted by Crippen LogP contribution is 2.18. The molecule has 0 aromatic heterocycles. The Morgan fingerprint density at radius 3 is 1.29 bits per heavy atom. The van der Waals surface area contributed by atoms with Crippen molar-refractivity contribution in [1.82, 2.24) is 5.32 Å². The van der Waals surface area contributed by atoms with E-state index in [0.29, 0.717) is 0 Å². The van der Waals surface area contributed by atoms with Crippen molar-refractivity contribution in [3.05, 3.63) is 0 Å². The summed E-state index contributed by atoms with van der Waals surface area (Å²) in [4.78, 5) is 0. The standard InChI is InChI=1S/C16H35N/c1-7-13(3)15(5)9-11-17-12-10-16(6)14(4)8-2/h13-17H,7-12H2,1-6H3. The van der Waals surface area contributed by atoms with Gasteiger partial charge in [0.25, 0.3) is 0 Å². The first kappa shape index (κ1) is 17.0. The molecule has 0 aromatic rings. The molecule has 4 atom stereocenters. The first-order valence-corrected chi connectivity index (χ1v) is 7.73. The first-order valence-electron chi connectivity index (χ1n) is 7.73. The fraction of sp³-hybridized carbons (Fsp3) is 1.00. The first-order chi connectivity index (χ1) is 8.02. The minimum Gasteiger partial charge on any atom is -0.317 e. The van der Waals surface area contributed by atoms with Crippen molar-refractivity contribution in [1.29, 1.82) is 0 Å². The summed E-state index contributed by atoms with van der Waals surface area (Å²) >= 11 is 0. The van der Waals surface area contributed by atoms with E-state index >= 15 is 0 Å². The van der Waals surface area contributed by atoms with Crippen molar-refractivity contribution in [3.8, 4) is 0 Å². The minimum absolute atomic E-state index is 0.861. The van der Waals surface area contributed by atoms with Crippen molar-refractivity contribution in [3.63, 3.8) is 0 Å². The SMILES string of the molecule is CCC(C)C(C)CCNCCC(C)C(C)CC. The maximum absolute atomic E-state index is 3.61. The second kappa shape index (κ2) is 9.94. The molecule has 0 aromatic carbocycles. The van der Waals surface area contributed by atoms with E-state index in [1.807, 2.05) is 0 Å². The number of hydrogen-bond donors (Lipinski definition) is 1. The van der Waals surface area contributed by atoms with Crippen LogP contribution in [0.2, 0.25) is 0 Å². The average molecular weight is 241 g/mol. The number of nitrogens with one attached hydrogen (secondary N) is 1. The minimum atomic E-state index is 0.861. The van der Waals surface area contributed by atoms with Crippen LogP contribution < -0.4 is 5.32 Å². The molecule has 0 saturated heterocycles. The summed E-state index contributed by atoms with van der Waals surface area (Å²) in [5.74, 6) is 3.46. The molecule has 0 fully saturated rings. The molecular weight excluding hydrogens is 206 g/mol. The largest absolute Gasteiger partial charge is 0.317 e. The highest BCUT2D eigenvalue weighted by atomic mass is 14.8. The third-order valence-corrected chi connectivity index (χ3v) is 4.78. The molecule has 0 radical (unpaired) electrons. The van der Waals surface area contributed by atoms with Crippen LogP contribution >= 0.6 is 0 Å². The smallest absolute Gasteiger partial charge is 0.00463 e. The summed E-state index contributed by atoms with van der Waals surface area (Å²) in [6.07, 6.45) is 5.28. The normalized spacial score (nSPS) is 18.7. The zero-order chi connectivity index (χ0) is 13.3. The molecule has 0 amide bonds. The van der Waals surface area contributed by atoms with Crippen LogP contribution in [-0.4, -0.2) is 13.1 Å². The van der Waals surface area contributed by atoms with Gasteiger partial charge in [0, 0.05) is 0 Å². The van der Waals surface area contributed by atoms with E-state index in [0.717, 1.165) is 23.7 Å². The van der Waals surface area contributed by atoms with E-state index in [4.69, 9.17) is 0 Å². The molecule has 1 nitrogen and oxygen atoms in total. The lowest BCUT2D eigenvalue weighted by molar-refractivity contribution is 0.330. The van der Waals surface area contributed by atoms with Crippen molar-refractivity contribution < 1.29 is 0 Å². The van der Waals surface area contributed by atoms with Gasteiger partial charge < -0.3 is 5.32 Å². The number of rotatable bonds is 10. The van der Waals surface area contributed by atoms with Crippen LogP contribution in [0.25, 0.3) is 0 Å². The van der Waals surface area contributed by atoms with Crippen molar-refractivity contribution in [2.75, 3.05) is 13.1 Å². The summed E-state index contributed by atoms with van der Waals surface area (Å²) in [7, 11) is 0. The summed E-state index contributed by atoms with van der Waals surface area (Å²) in [6, 6.07) is 0. The Hall–Kier alpha value is -0.0400. The van der Waals surface area contributed by atoms with Crippen LogP contribution in [0.1, 0.15) is 67.2 Å². The van der Waals surface area contributed by atoms with E-state index in [-0.39, 0.29) is 0 Å². The summed E-state index contributed by atoms with van der Waals surface area (Å²) in [5, 5.41) is 3.61. The topological polar surface area (TPSA) is 12.0 Å². The molecule has 4 unspecified atom stereocenters. The van der Waals surface area contributed by atoms with Crippen molar-refractivity contribution in [2.24, 2.45) is 23.7 Å². The maximum Gasteiger partial charge on any atom is -0.00463 e. The van der Waals surface area contributed by atoms with Crippen LogP contribution in [0.4, 0.5) is 0 Å². The van der Waals surface area contributed by atoms with E-state index in [1.165, 1.54) is 38.8 Å². The van der Waals surface area contributed by atoms with E-state index in [9.17, 15) is 0 Å². The Morgan fingerprint density at radius 2 is 1.00 bits per heavy atom. The summed E-state index contributed by atoms with van der Waals surface area (Å²) in [5.41, 5.74) is 0. The molecule has 0 aliphatic carbocycles. The molecule has 0 bridgehead atoms. The van der Waals surface area contributed by atoms with Crippen LogP contribution in [0.3, 0.4) is 0 Å². The fourth-order valence-electron chi connectivity index (χ4n) is 2.16. The molecule has 1 N–H and O–H groups in total. The van der Waals surface area contributed by atoms with E-state index in [2.05, 4.69) is 46.9 Å². The van der Waals surface area contributed by atoms with Gasteiger partial charge in [0.15, 0.2) is 0 Å². The van der Waals surface area contributed by atoms with E-state index < -0.39 is 0 Å². The lowest BCUT2D eigenvalue weighted by Gasteiger charge is -2.20. The molecule has 0 aliphatic heterocycles. The zero-order valence-electron chi connectivity index (χ0n) is 13.1. The maximum atomic E-state index is 3.61. The molecular formula is C16H35N. The second-order valence-corrected chi connectivity index (χ2v) is 6.05. The Kier molecular flexibility index (Phi) is 9.91. The zero-order valence-corrected chi connectivity index (χ0v) is 13.1. The van der Waals surface area contributed by atoms with Gasteiger partial charge in [-0.2, -0.15) is 0 Å². The van der Waals surface area contributed by atoms with Gasteiger partial charge in [0.1, 0.15) is 0 Å². The van der Waals surface area contributed by atoms with E-state index in [1.54, 1.807) is 0 Å². The lowest BCUT2D eigenvalue weighted by atomic mass is 9.90. The Bertz CT molecular complexity index is 149. The van der Waals surface area contributed by atoms with Crippen LogP contribution in [0.15, 0.2) is 0 Å². The van der Waals surface area contributed by atoms with Gasteiger partial charge in [0.2, 0.25) is 0 Å². The predicted molar refractivity (Wildman–Crippen MR) is 79.3 cm³/mol. The fourth-order valence-corrected chi connectivity index (χ4v) is 2.16. The summed E-state index contributed by atoms with van der Waals surface area (Å²) < 4.78 is 0. The monoisotopic (exact) mass is 241 g/mol. The average Bonchev–Trinajstić information content (AvgIpc) is 2.35. The highest BCUT2D eigenvalue weighted by molar-refractivity contribution is 4.64. The molecule has 0 spiro atoms. The molecule has 1 heteroatoms. The second-order valence-electron chi connectivity index (χ2n) is 6.05. The Labute approximate surface area is 110 Å². The van der Waals surface area contributed by atoms with Gasteiger partial charge in [-0.3, -0.25) is 0 Å². The quantitative estimate of drug-likeness (QED) is 0.546. The van der Waals surface area contributed by atoms with Gasteiger partial charge >= 0.3 is 0 Å². The highest BCUT2D eigenvalue weighted by Gasteiger charge is 2.11. The van der Waals surface area contributed by atoms with Gasteiger partial charge in [-0.15, -0.1) is 0 Å². The lowest BCUT2D eigenvalue weighted by Crippen LogP contribution is -2.23. The predicted octanol–water partition coefficient (Wildman–Crippen LogP) is 4.72. The van der Waals surface area contributed by atoms with Crippen LogP contribution in [0, 0.1) is 23.7 Å². The van der Waals surface area contributed by atoms with Crippen molar-refractivity contribution >= 4 is 0 Å². The molecule has 17 heavy (non-hydrogen) atoms. The van der Waals surface area contributed by atoms with Gasteiger partial charge in [-0.05, 0) is 49.6 Å². The van der Waals surface area contributed by atoms with Crippen molar-refractivity contribution in [2.45, 2.75) is 67.2 Å². The summed E-state index contributed by atoms with van der Waals surface area (Å²) in [6.45, 7) is 16.5. The molecule has 0 aliphatic rings. The number of hydrogen-bond acceptors (Lipinski definition) is 1.